The summed E-state index contributed by atoms with van der Waals surface area (Å²) < 4.78 is 11.0. The lowest BCUT2D eigenvalue weighted by Crippen LogP contribution is -2.25. The van der Waals surface area contributed by atoms with Crippen LogP contribution in [0.15, 0.2) is 30.6 Å². The molecule has 128 valence electrons. The quantitative estimate of drug-likeness (QED) is 0.720. The van der Waals surface area contributed by atoms with E-state index in [1.807, 2.05) is 18.2 Å². The molecule has 0 unspecified atom stereocenters. The summed E-state index contributed by atoms with van der Waals surface area (Å²) in [4.78, 5) is 19.9. The van der Waals surface area contributed by atoms with Gasteiger partial charge in [-0.3, -0.25) is 4.79 Å². The molecule has 0 aliphatic rings. The highest BCUT2D eigenvalue weighted by Crippen LogP contribution is 2.28. The van der Waals surface area contributed by atoms with Crippen LogP contribution in [0.5, 0.6) is 11.5 Å². The van der Waals surface area contributed by atoms with Crippen molar-refractivity contribution < 1.29 is 14.3 Å². The normalized spacial score (nSPS) is 10.2. The molecule has 3 N–H and O–H groups in total. The van der Waals surface area contributed by atoms with Crippen molar-refractivity contribution in [1.82, 2.24) is 15.3 Å². The van der Waals surface area contributed by atoms with E-state index in [1.54, 1.807) is 7.11 Å². The smallest absolute Gasteiger partial charge is 0.273 e. The number of hydrogen-bond donors (Lipinski definition) is 2. The number of hydrogen-bond acceptors (Lipinski definition) is 6. The second-order valence-corrected chi connectivity index (χ2v) is 5.16. The van der Waals surface area contributed by atoms with Crippen molar-refractivity contribution in [2.45, 2.75) is 26.3 Å². The number of carbonyl (C=O) groups is 1. The molecule has 1 amide bonds. The highest BCUT2D eigenvalue weighted by Gasteiger charge is 2.12. The minimum Gasteiger partial charge on any atom is -0.493 e. The van der Waals surface area contributed by atoms with Gasteiger partial charge >= 0.3 is 0 Å². The van der Waals surface area contributed by atoms with E-state index in [2.05, 4.69) is 22.2 Å². The van der Waals surface area contributed by atoms with Crippen LogP contribution in [0.25, 0.3) is 0 Å². The number of benzene rings is 1. The first kappa shape index (κ1) is 17.5. The third-order valence-corrected chi connectivity index (χ3v) is 3.38. The van der Waals surface area contributed by atoms with E-state index >= 15 is 0 Å². The van der Waals surface area contributed by atoms with E-state index in [1.165, 1.54) is 12.4 Å². The van der Waals surface area contributed by atoms with Crippen molar-refractivity contribution in [2.75, 3.05) is 19.5 Å². The van der Waals surface area contributed by atoms with Crippen LogP contribution in [0, 0.1) is 0 Å². The standard InChI is InChI=1S/C17H22N4O3/c1-3-4-9-24-13-6-5-12(10-14(13)23-2)11-21-17(22)15-16(18)20-8-7-19-15/h5-8,10H,3-4,9,11H2,1-2H3,(H2,18,20)(H,21,22). The van der Waals surface area contributed by atoms with Crippen LogP contribution in [0.4, 0.5) is 5.82 Å². The Hall–Kier alpha value is -2.83. The van der Waals surface area contributed by atoms with Crippen LogP contribution >= 0.6 is 0 Å². The Morgan fingerprint density at radius 2 is 2.04 bits per heavy atom. The first-order valence-corrected chi connectivity index (χ1v) is 7.80. The summed E-state index contributed by atoms with van der Waals surface area (Å²) in [5.74, 6) is 1.06. The molecule has 2 rings (SSSR count). The Morgan fingerprint density at radius 3 is 2.75 bits per heavy atom. The maximum Gasteiger partial charge on any atom is 0.273 e. The van der Waals surface area contributed by atoms with Crippen LogP contribution < -0.4 is 20.5 Å². The minimum absolute atomic E-state index is 0.104. The molecular formula is C17H22N4O3. The van der Waals surface area contributed by atoms with E-state index in [0.717, 1.165) is 18.4 Å². The number of anilines is 1. The molecule has 0 atom stereocenters. The van der Waals surface area contributed by atoms with Gasteiger partial charge in [0.15, 0.2) is 23.0 Å². The average molecular weight is 330 g/mol. The second kappa shape index (κ2) is 8.71. The van der Waals surface area contributed by atoms with E-state index in [4.69, 9.17) is 15.2 Å². The Labute approximate surface area is 141 Å². The van der Waals surface area contributed by atoms with Gasteiger partial charge in [-0.15, -0.1) is 0 Å². The Morgan fingerprint density at radius 1 is 1.25 bits per heavy atom. The number of nitrogens with zero attached hydrogens (tertiary/aromatic N) is 2. The number of methoxy groups -OCH3 is 1. The number of amides is 1. The first-order valence-electron chi connectivity index (χ1n) is 7.80. The van der Waals surface area contributed by atoms with Crippen molar-refractivity contribution in [1.29, 1.82) is 0 Å². The number of unbranched alkanes of at least 4 members (excludes halogenated alkanes) is 1. The molecule has 7 nitrogen and oxygen atoms in total. The number of ether oxygens (including phenoxy) is 2. The van der Waals surface area contributed by atoms with Crippen molar-refractivity contribution in [3.63, 3.8) is 0 Å². The van der Waals surface area contributed by atoms with Crippen LogP contribution in [0.3, 0.4) is 0 Å². The molecule has 0 saturated carbocycles. The van der Waals surface area contributed by atoms with E-state index in [9.17, 15) is 4.79 Å². The van der Waals surface area contributed by atoms with E-state index in [0.29, 0.717) is 24.7 Å². The molecule has 0 radical (unpaired) electrons. The molecule has 0 bridgehead atoms. The van der Waals surface area contributed by atoms with Gasteiger partial charge in [-0.1, -0.05) is 19.4 Å². The predicted octanol–water partition coefficient (Wildman–Crippen LogP) is 2.18. The van der Waals surface area contributed by atoms with Crippen molar-refractivity contribution in [2.24, 2.45) is 0 Å². The van der Waals surface area contributed by atoms with Crippen molar-refractivity contribution in [3.8, 4) is 11.5 Å². The third kappa shape index (κ3) is 4.58. The molecule has 1 aromatic carbocycles. The number of carbonyl (C=O) groups excluding carboxylic acids is 1. The highest BCUT2D eigenvalue weighted by molar-refractivity contribution is 5.96. The zero-order valence-electron chi connectivity index (χ0n) is 13.9. The van der Waals surface area contributed by atoms with Gasteiger partial charge in [0.2, 0.25) is 0 Å². The number of nitrogens with two attached hydrogens (primary N) is 1. The van der Waals surface area contributed by atoms with E-state index < -0.39 is 0 Å². The lowest BCUT2D eigenvalue weighted by atomic mass is 10.2. The van der Waals surface area contributed by atoms with Crippen LogP contribution in [-0.2, 0) is 6.54 Å². The average Bonchev–Trinajstić information content (AvgIpc) is 2.61. The molecule has 1 heterocycles. The van der Waals surface area contributed by atoms with Gasteiger partial charge in [0.05, 0.1) is 13.7 Å². The molecule has 0 spiro atoms. The Balaban J connectivity index is 2.00. The fourth-order valence-electron chi connectivity index (χ4n) is 2.06. The number of aromatic nitrogens is 2. The molecule has 1 aromatic heterocycles. The topological polar surface area (TPSA) is 99.4 Å². The van der Waals surface area contributed by atoms with Crippen molar-refractivity contribution >= 4 is 11.7 Å². The molecular weight excluding hydrogens is 308 g/mol. The summed E-state index contributed by atoms with van der Waals surface area (Å²) in [6, 6.07) is 5.55. The monoisotopic (exact) mass is 330 g/mol. The Bertz CT molecular complexity index is 691. The summed E-state index contributed by atoms with van der Waals surface area (Å²) >= 11 is 0. The summed E-state index contributed by atoms with van der Waals surface area (Å²) in [6.07, 6.45) is 4.92. The van der Waals surface area contributed by atoms with Crippen LogP contribution in [0.1, 0.15) is 35.8 Å². The fraction of sp³-hybridized carbons (Fsp3) is 0.353. The molecule has 0 aliphatic carbocycles. The maximum atomic E-state index is 12.1. The van der Waals surface area contributed by atoms with Crippen LogP contribution in [0.2, 0.25) is 0 Å². The van der Waals surface area contributed by atoms with Gasteiger partial charge in [-0.2, -0.15) is 0 Å². The molecule has 2 aromatic rings. The first-order chi connectivity index (χ1) is 11.7. The summed E-state index contributed by atoms with van der Waals surface area (Å²) in [5, 5.41) is 2.76. The number of rotatable bonds is 8. The molecule has 24 heavy (non-hydrogen) atoms. The lowest BCUT2D eigenvalue weighted by Gasteiger charge is -2.12. The molecule has 0 fully saturated rings. The van der Waals surface area contributed by atoms with Crippen molar-refractivity contribution in [3.05, 3.63) is 41.9 Å². The summed E-state index contributed by atoms with van der Waals surface area (Å²) in [7, 11) is 1.59. The van der Waals surface area contributed by atoms with Gasteiger partial charge in [-0.05, 0) is 24.1 Å². The molecule has 7 heteroatoms. The van der Waals surface area contributed by atoms with E-state index in [-0.39, 0.29) is 17.4 Å². The number of nitrogens with one attached hydrogen (secondary N) is 1. The lowest BCUT2D eigenvalue weighted by molar-refractivity contribution is 0.0946. The zero-order valence-corrected chi connectivity index (χ0v) is 13.9. The van der Waals surface area contributed by atoms with Gasteiger partial charge < -0.3 is 20.5 Å². The zero-order chi connectivity index (χ0) is 17.4. The van der Waals surface area contributed by atoms with Gasteiger partial charge in [0.25, 0.3) is 5.91 Å². The van der Waals surface area contributed by atoms with Gasteiger partial charge in [-0.25, -0.2) is 9.97 Å². The van der Waals surface area contributed by atoms with Gasteiger partial charge in [0, 0.05) is 18.9 Å². The predicted molar refractivity (Wildman–Crippen MR) is 91.0 cm³/mol. The third-order valence-electron chi connectivity index (χ3n) is 3.38. The fourth-order valence-corrected chi connectivity index (χ4v) is 2.06. The largest absolute Gasteiger partial charge is 0.493 e. The summed E-state index contributed by atoms with van der Waals surface area (Å²) in [6.45, 7) is 3.07. The second-order valence-electron chi connectivity index (χ2n) is 5.16. The van der Waals surface area contributed by atoms with Gasteiger partial charge in [0.1, 0.15) is 0 Å². The molecule has 0 saturated heterocycles. The maximum absolute atomic E-state index is 12.1. The number of nitrogen functional groups attached to an aromatic ring is 1. The molecule has 0 aliphatic heterocycles. The van der Waals surface area contributed by atoms with Crippen LogP contribution in [-0.4, -0.2) is 29.6 Å². The summed E-state index contributed by atoms with van der Waals surface area (Å²) in [5.41, 5.74) is 6.64. The highest BCUT2D eigenvalue weighted by atomic mass is 16.5. The minimum atomic E-state index is -0.372. The Kier molecular flexibility index (Phi) is 6.36. The SMILES string of the molecule is CCCCOc1ccc(CNC(=O)c2nccnc2N)cc1OC.